The van der Waals surface area contributed by atoms with Crippen LogP contribution in [-0.2, 0) is 0 Å². The maximum Gasteiger partial charge on any atom is 0.168 e. The Morgan fingerprint density at radius 2 is 1.94 bits per heavy atom. The summed E-state index contributed by atoms with van der Waals surface area (Å²) in [5.74, 6) is 0.481. The quantitative estimate of drug-likeness (QED) is 0.906. The number of hydrogen-bond acceptors (Lipinski definition) is 4. The fraction of sp³-hybridized carbons (Fsp3) is 0.154. The number of rotatable bonds is 3. The summed E-state index contributed by atoms with van der Waals surface area (Å²) in [6.45, 7) is 0. The molecule has 0 saturated carbocycles. The van der Waals surface area contributed by atoms with E-state index >= 15 is 0 Å². The van der Waals surface area contributed by atoms with Gasteiger partial charge in [-0.1, -0.05) is 0 Å². The molecular formula is C13H13FN2O2. The second-order valence-corrected chi connectivity index (χ2v) is 3.63. The molecule has 2 N–H and O–H groups in total. The van der Waals surface area contributed by atoms with Gasteiger partial charge >= 0.3 is 0 Å². The van der Waals surface area contributed by atoms with E-state index in [9.17, 15) is 4.39 Å². The maximum absolute atomic E-state index is 13.8. The highest BCUT2D eigenvalue weighted by molar-refractivity contribution is 5.74. The van der Waals surface area contributed by atoms with Gasteiger partial charge in [0.15, 0.2) is 5.75 Å². The van der Waals surface area contributed by atoms with Gasteiger partial charge in [0.1, 0.15) is 17.3 Å². The zero-order valence-corrected chi connectivity index (χ0v) is 10.1. The van der Waals surface area contributed by atoms with Gasteiger partial charge in [0.25, 0.3) is 0 Å². The highest BCUT2D eigenvalue weighted by atomic mass is 19.1. The van der Waals surface area contributed by atoms with Gasteiger partial charge in [-0.15, -0.1) is 0 Å². The van der Waals surface area contributed by atoms with Crippen LogP contribution in [0.2, 0.25) is 0 Å². The topological polar surface area (TPSA) is 57.4 Å². The first kappa shape index (κ1) is 12.2. The number of benzene rings is 1. The standard InChI is InChI=1S/C13H13FN2O2/c1-17-8-3-4-10(14)9(7-8)12-13(18-2)11(15)5-6-16-12/h3-7H,1-2H3,(H2,15,16). The van der Waals surface area contributed by atoms with Crippen molar-refractivity contribution in [2.24, 2.45) is 0 Å². The molecule has 0 unspecified atom stereocenters. The van der Waals surface area contributed by atoms with Crippen molar-refractivity contribution in [1.29, 1.82) is 0 Å². The number of hydrogen-bond donors (Lipinski definition) is 1. The number of halogens is 1. The largest absolute Gasteiger partial charge is 0.497 e. The lowest BCUT2D eigenvalue weighted by Crippen LogP contribution is -1.98. The van der Waals surface area contributed by atoms with Crippen LogP contribution < -0.4 is 15.2 Å². The molecule has 1 aromatic heterocycles. The Morgan fingerprint density at radius 1 is 1.17 bits per heavy atom. The minimum Gasteiger partial charge on any atom is -0.497 e. The fourth-order valence-corrected chi connectivity index (χ4v) is 1.68. The van der Waals surface area contributed by atoms with Gasteiger partial charge in [0.05, 0.1) is 19.9 Å². The van der Waals surface area contributed by atoms with E-state index in [2.05, 4.69) is 4.98 Å². The Hall–Kier alpha value is -2.30. The van der Waals surface area contributed by atoms with Crippen molar-refractivity contribution >= 4 is 5.69 Å². The molecule has 2 aromatic rings. The van der Waals surface area contributed by atoms with Crippen molar-refractivity contribution in [3.05, 3.63) is 36.3 Å². The van der Waals surface area contributed by atoms with Crippen molar-refractivity contribution in [1.82, 2.24) is 4.98 Å². The summed E-state index contributed by atoms with van der Waals surface area (Å²) in [6, 6.07) is 6.01. The second-order valence-electron chi connectivity index (χ2n) is 3.63. The zero-order chi connectivity index (χ0) is 13.1. The molecular weight excluding hydrogens is 235 g/mol. The molecule has 5 heteroatoms. The first-order valence-corrected chi connectivity index (χ1v) is 5.29. The van der Waals surface area contributed by atoms with Crippen molar-refractivity contribution < 1.29 is 13.9 Å². The summed E-state index contributed by atoms with van der Waals surface area (Å²) >= 11 is 0. The molecule has 0 atom stereocenters. The molecule has 0 aliphatic heterocycles. The highest BCUT2D eigenvalue weighted by Gasteiger charge is 2.15. The second kappa shape index (κ2) is 4.91. The van der Waals surface area contributed by atoms with Crippen LogP contribution in [0, 0.1) is 5.82 Å². The van der Waals surface area contributed by atoms with E-state index in [1.54, 1.807) is 12.1 Å². The fourth-order valence-electron chi connectivity index (χ4n) is 1.68. The predicted molar refractivity (Wildman–Crippen MR) is 67.1 cm³/mol. The monoisotopic (exact) mass is 248 g/mol. The highest BCUT2D eigenvalue weighted by Crippen LogP contribution is 2.35. The van der Waals surface area contributed by atoms with Gasteiger partial charge in [-0.05, 0) is 24.3 Å². The van der Waals surface area contributed by atoms with Crippen LogP contribution in [0.15, 0.2) is 30.5 Å². The number of aromatic nitrogens is 1. The maximum atomic E-state index is 13.8. The van der Waals surface area contributed by atoms with Crippen molar-refractivity contribution in [3.8, 4) is 22.8 Å². The number of pyridine rings is 1. The molecule has 0 spiro atoms. The number of anilines is 1. The normalized spacial score (nSPS) is 10.2. The number of nitrogens with two attached hydrogens (primary N) is 1. The van der Waals surface area contributed by atoms with Crippen LogP contribution in [0.5, 0.6) is 11.5 Å². The zero-order valence-electron chi connectivity index (χ0n) is 10.1. The first-order valence-electron chi connectivity index (χ1n) is 5.29. The summed E-state index contributed by atoms with van der Waals surface area (Å²) in [7, 11) is 2.98. The molecule has 0 bridgehead atoms. The third kappa shape index (κ3) is 2.07. The van der Waals surface area contributed by atoms with E-state index in [1.807, 2.05) is 0 Å². The van der Waals surface area contributed by atoms with E-state index in [4.69, 9.17) is 15.2 Å². The van der Waals surface area contributed by atoms with E-state index < -0.39 is 5.82 Å². The van der Waals surface area contributed by atoms with Gasteiger partial charge in [0.2, 0.25) is 0 Å². The van der Waals surface area contributed by atoms with Crippen LogP contribution in [0.3, 0.4) is 0 Å². The van der Waals surface area contributed by atoms with Crippen molar-refractivity contribution in [2.45, 2.75) is 0 Å². The Labute approximate surface area is 104 Å². The van der Waals surface area contributed by atoms with E-state index in [1.165, 1.54) is 32.5 Å². The van der Waals surface area contributed by atoms with E-state index in [-0.39, 0.29) is 0 Å². The lowest BCUT2D eigenvalue weighted by Gasteiger charge is -2.11. The van der Waals surface area contributed by atoms with Gasteiger partial charge in [-0.25, -0.2) is 4.39 Å². The molecule has 1 heterocycles. The third-order valence-electron chi connectivity index (χ3n) is 2.57. The third-order valence-corrected chi connectivity index (χ3v) is 2.57. The molecule has 1 aromatic carbocycles. The van der Waals surface area contributed by atoms with Gasteiger partial charge in [0, 0.05) is 11.8 Å². The molecule has 0 amide bonds. The Bertz CT molecular complexity index is 573. The molecule has 2 rings (SSSR count). The Morgan fingerprint density at radius 3 is 2.61 bits per heavy atom. The minimum absolute atomic E-state index is 0.290. The number of nitrogen functional groups attached to an aromatic ring is 1. The molecule has 0 aliphatic carbocycles. The van der Waals surface area contributed by atoms with Crippen LogP contribution in [0.25, 0.3) is 11.3 Å². The minimum atomic E-state index is -0.410. The summed E-state index contributed by atoms with van der Waals surface area (Å²) < 4.78 is 24.1. The van der Waals surface area contributed by atoms with Crippen LogP contribution >= 0.6 is 0 Å². The summed E-state index contributed by atoms with van der Waals surface area (Å²) in [5, 5.41) is 0. The lowest BCUT2D eigenvalue weighted by molar-refractivity contribution is 0.412. The lowest BCUT2D eigenvalue weighted by atomic mass is 10.1. The number of methoxy groups -OCH3 is 2. The average Bonchev–Trinajstić information content (AvgIpc) is 2.39. The van der Waals surface area contributed by atoms with Crippen molar-refractivity contribution in [2.75, 3.05) is 20.0 Å². The van der Waals surface area contributed by atoms with Gasteiger partial charge < -0.3 is 15.2 Å². The summed E-state index contributed by atoms with van der Waals surface area (Å²) in [5.41, 5.74) is 6.82. The van der Waals surface area contributed by atoms with Crippen LogP contribution in [0.4, 0.5) is 10.1 Å². The van der Waals surface area contributed by atoms with E-state index in [0.717, 1.165) is 0 Å². The number of nitrogens with zero attached hydrogens (tertiary/aromatic N) is 1. The van der Waals surface area contributed by atoms with E-state index in [0.29, 0.717) is 28.4 Å². The summed E-state index contributed by atoms with van der Waals surface area (Å²) in [6.07, 6.45) is 1.51. The Balaban J connectivity index is 2.64. The van der Waals surface area contributed by atoms with Crippen molar-refractivity contribution in [3.63, 3.8) is 0 Å². The SMILES string of the molecule is COc1ccc(F)c(-c2nccc(N)c2OC)c1. The molecule has 0 radical (unpaired) electrons. The van der Waals surface area contributed by atoms with Crippen LogP contribution in [0.1, 0.15) is 0 Å². The summed E-state index contributed by atoms with van der Waals surface area (Å²) in [4.78, 5) is 4.12. The molecule has 18 heavy (non-hydrogen) atoms. The smallest absolute Gasteiger partial charge is 0.168 e. The average molecular weight is 248 g/mol. The molecule has 4 nitrogen and oxygen atoms in total. The van der Waals surface area contributed by atoms with Gasteiger partial charge in [-0.2, -0.15) is 0 Å². The Kier molecular flexibility index (Phi) is 3.32. The molecule has 0 fully saturated rings. The van der Waals surface area contributed by atoms with Crippen LogP contribution in [-0.4, -0.2) is 19.2 Å². The number of ether oxygens (including phenoxy) is 2. The molecule has 0 aliphatic rings. The predicted octanol–water partition coefficient (Wildman–Crippen LogP) is 2.49. The molecule has 0 saturated heterocycles. The van der Waals surface area contributed by atoms with Gasteiger partial charge in [-0.3, -0.25) is 4.98 Å². The molecule has 94 valence electrons. The first-order chi connectivity index (χ1) is 8.67.